The minimum absolute atomic E-state index is 0.0526. The van der Waals surface area contributed by atoms with Crippen molar-refractivity contribution in [2.24, 2.45) is 4.99 Å². The van der Waals surface area contributed by atoms with Crippen molar-refractivity contribution in [2.45, 2.75) is 26.4 Å². The number of rotatable bonds is 2. The predicted octanol–water partition coefficient (Wildman–Crippen LogP) is 2.95. The molecular formula is C12H14N2O4. The van der Waals surface area contributed by atoms with Gasteiger partial charge in [-0.1, -0.05) is 12.1 Å². The van der Waals surface area contributed by atoms with E-state index in [9.17, 15) is 14.9 Å². The molecule has 0 atom stereocenters. The predicted molar refractivity (Wildman–Crippen MR) is 66.9 cm³/mol. The van der Waals surface area contributed by atoms with Gasteiger partial charge in [0.2, 0.25) is 0 Å². The van der Waals surface area contributed by atoms with Crippen LogP contribution in [0, 0.1) is 10.1 Å². The number of benzene rings is 1. The number of aliphatic imine (C=N–C) groups is 1. The topological polar surface area (TPSA) is 81.8 Å². The van der Waals surface area contributed by atoms with Crippen molar-refractivity contribution in [1.29, 1.82) is 0 Å². The van der Waals surface area contributed by atoms with Crippen LogP contribution in [0.2, 0.25) is 0 Å². The Balaban J connectivity index is 2.76. The molecular weight excluding hydrogens is 236 g/mol. The highest BCUT2D eigenvalue weighted by atomic mass is 16.6. The molecule has 0 N–H and O–H groups in total. The van der Waals surface area contributed by atoms with Gasteiger partial charge in [-0.3, -0.25) is 10.1 Å². The van der Waals surface area contributed by atoms with E-state index in [2.05, 4.69) is 4.99 Å². The zero-order valence-electron chi connectivity index (χ0n) is 10.4. The van der Waals surface area contributed by atoms with Crippen LogP contribution in [0.1, 0.15) is 26.3 Å². The fourth-order valence-corrected chi connectivity index (χ4v) is 1.13. The summed E-state index contributed by atoms with van der Waals surface area (Å²) in [4.78, 5) is 24.9. The molecule has 0 aliphatic carbocycles. The normalized spacial score (nSPS) is 11.5. The molecule has 1 rings (SSSR count). The van der Waals surface area contributed by atoms with Crippen molar-refractivity contribution < 1.29 is 14.5 Å². The highest BCUT2D eigenvalue weighted by Crippen LogP contribution is 2.12. The van der Waals surface area contributed by atoms with Gasteiger partial charge in [-0.25, -0.2) is 4.79 Å². The van der Waals surface area contributed by atoms with Crippen molar-refractivity contribution in [3.8, 4) is 0 Å². The molecule has 0 bridgehead atoms. The first-order valence-electron chi connectivity index (χ1n) is 5.29. The van der Waals surface area contributed by atoms with E-state index in [1.54, 1.807) is 26.8 Å². The van der Waals surface area contributed by atoms with Gasteiger partial charge in [0.05, 0.1) is 4.92 Å². The number of nitrogens with zero attached hydrogens (tertiary/aromatic N) is 2. The van der Waals surface area contributed by atoms with E-state index >= 15 is 0 Å². The first-order chi connectivity index (χ1) is 8.28. The Hall–Kier alpha value is -2.24. The number of hydrogen-bond acceptors (Lipinski definition) is 4. The Labute approximate surface area is 104 Å². The highest BCUT2D eigenvalue weighted by molar-refractivity contribution is 5.89. The number of nitro benzene ring substituents is 1. The minimum atomic E-state index is -0.728. The molecule has 0 heterocycles. The lowest BCUT2D eigenvalue weighted by atomic mass is 10.2. The average Bonchev–Trinajstić information content (AvgIpc) is 2.24. The van der Waals surface area contributed by atoms with Crippen molar-refractivity contribution in [3.05, 3.63) is 39.9 Å². The molecule has 18 heavy (non-hydrogen) atoms. The van der Waals surface area contributed by atoms with Gasteiger partial charge in [-0.15, -0.1) is 0 Å². The van der Waals surface area contributed by atoms with Crippen LogP contribution in [0.25, 0.3) is 0 Å². The lowest BCUT2D eigenvalue weighted by molar-refractivity contribution is -0.384. The molecule has 0 saturated heterocycles. The summed E-state index contributed by atoms with van der Waals surface area (Å²) in [6.45, 7) is 5.19. The SMILES string of the molecule is CC(C)(C)OC(=O)/N=C/c1cccc([N+](=O)[O-])c1. The van der Waals surface area contributed by atoms with Crippen molar-refractivity contribution in [2.75, 3.05) is 0 Å². The summed E-state index contributed by atoms with van der Waals surface area (Å²) < 4.78 is 4.97. The fourth-order valence-electron chi connectivity index (χ4n) is 1.13. The second-order valence-electron chi connectivity index (χ2n) is 4.59. The van der Waals surface area contributed by atoms with E-state index in [0.29, 0.717) is 5.56 Å². The van der Waals surface area contributed by atoms with E-state index in [0.717, 1.165) is 0 Å². The zero-order chi connectivity index (χ0) is 13.8. The summed E-state index contributed by atoms with van der Waals surface area (Å²) in [6, 6.07) is 5.83. The summed E-state index contributed by atoms with van der Waals surface area (Å²) in [5.41, 5.74) is -0.199. The van der Waals surface area contributed by atoms with Crippen molar-refractivity contribution in [3.63, 3.8) is 0 Å². The van der Waals surface area contributed by atoms with Gasteiger partial charge in [0, 0.05) is 18.3 Å². The van der Waals surface area contributed by atoms with Crippen molar-refractivity contribution >= 4 is 18.0 Å². The summed E-state index contributed by atoms with van der Waals surface area (Å²) in [5.74, 6) is 0. The van der Waals surface area contributed by atoms with Crippen LogP contribution in [0.3, 0.4) is 0 Å². The molecule has 1 aromatic carbocycles. The van der Waals surface area contributed by atoms with E-state index in [1.165, 1.54) is 24.4 Å². The van der Waals surface area contributed by atoms with Gasteiger partial charge in [0.1, 0.15) is 5.60 Å². The van der Waals surface area contributed by atoms with Crippen LogP contribution in [0.5, 0.6) is 0 Å². The van der Waals surface area contributed by atoms with E-state index in [-0.39, 0.29) is 5.69 Å². The number of carbonyl (C=O) groups excluding carboxylic acids is 1. The third-order valence-electron chi connectivity index (χ3n) is 1.79. The third kappa shape index (κ3) is 4.73. The molecule has 6 nitrogen and oxygen atoms in total. The Bertz CT molecular complexity index is 489. The number of carbonyl (C=O) groups is 1. The van der Waals surface area contributed by atoms with Crippen molar-refractivity contribution in [1.82, 2.24) is 0 Å². The maximum absolute atomic E-state index is 11.3. The third-order valence-corrected chi connectivity index (χ3v) is 1.79. The van der Waals surface area contributed by atoms with Crippen LogP contribution < -0.4 is 0 Å². The number of ether oxygens (including phenoxy) is 1. The first-order valence-corrected chi connectivity index (χ1v) is 5.29. The van der Waals surface area contributed by atoms with Crippen LogP contribution in [0.4, 0.5) is 10.5 Å². The molecule has 0 radical (unpaired) electrons. The fraction of sp³-hybridized carbons (Fsp3) is 0.333. The minimum Gasteiger partial charge on any atom is -0.442 e. The molecule has 96 valence electrons. The number of hydrogen-bond donors (Lipinski definition) is 0. The molecule has 0 fully saturated rings. The molecule has 0 aromatic heterocycles. The number of amides is 1. The Morgan fingerprint density at radius 2 is 2.11 bits per heavy atom. The Kier molecular flexibility index (Phi) is 4.14. The van der Waals surface area contributed by atoms with Crippen LogP contribution in [0.15, 0.2) is 29.3 Å². The quantitative estimate of drug-likeness (QED) is 0.459. The second-order valence-corrected chi connectivity index (χ2v) is 4.59. The maximum atomic E-state index is 11.3. The lowest BCUT2D eigenvalue weighted by Gasteiger charge is -2.16. The summed E-state index contributed by atoms with van der Waals surface area (Å²) in [6.07, 6.45) is 0.509. The maximum Gasteiger partial charge on any atom is 0.434 e. The highest BCUT2D eigenvalue weighted by Gasteiger charge is 2.14. The zero-order valence-corrected chi connectivity index (χ0v) is 10.4. The van der Waals surface area contributed by atoms with Gasteiger partial charge in [-0.05, 0) is 26.3 Å². The smallest absolute Gasteiger partial charge is 0.434 e. The van der Waals surface area contributed by atoms with E-state index in [4.69, 9.17) is 4.74 Å². The van der Waals surface area contributed by atoms with Crippen LogP contribution >= 0.6 is 0 Å². The van der Waals surface area contributed by atoms with Crippen LogP contribution in [-0.2, 0) is 4.74 Å². The molecule has 0 saturated carbocycles. The van der Waals surface area contributed by atoms with Gasteiger partial charge >= 0.3 is 6.09 Å². The van der Waals surface area contributed by atoms with E-state index in [1.807, 2.05) is 0 Å². The van der Waals surface area contributed by atoms with Gasteiger partial charge in [-0.2, -0.15) is 4.99 Å². The average molecular weight is 250 g/mol. The number of nitro groups is 1. The molecule has 0 aliphatic heterocycles. The lowest BCUT2D eigenvalue weighted by Crippen LogP contribution is -2.21. The summed E-state index contributed by atoms with van der Waals surface area (Å²) in [7, 11) is 0. The number of non-ortho nitro benzene ring substituents is 1. The van der Waals surface area contributed by atoms with Gasteiger partial charge in [0.25, 0.3) is 5.69 Å². The van der Waals surface area contributed by atoms with Gasteiger partial charge in [0.15, 0.2) is 0 Å². The summed E-state index contributed by atoms with van der Waals surface area (Å²) in [5, 5.41) is 10.5. The Morgan fingerprint density at radius 1 is 1.44 bits per heavy atom. The molecule has 0 aliphatic rings. The second kappa shape index (κ2) is 5.39. The molecule has 1 amide bonds. The van der Waals surface area contributed by atoms with Crippen LogP contribution in [-0.4, -0.2) is 22.8 Å². The first kappa shape index (κ1) is 13.8. The molecule has 0 unspecified atom stereocenters. The standard InChI is InChI=1S/C12H14N2O4/c1-12(2,3)18-11(15)13-8-9-5-4-6-10(7-9)14(16)17/h4-8H,1-3H3/b13-8+. The molecule has 0 spiro atoms. The van der Waals surface area contributed by atoms with E-state index < -0.39 is 16.6 Å². The molecule has 1 aromatic rings. The largest absolute Gasteiger partial charge is 0.442 e. The Morgan fingerprint density at radius 3 is 2.67 bits per heavy atom. The summed E-state index contributed by atoms with van der Waals surface area (Å²) >= 11 is 0. The van der Waals surface area contributed by atoms with Gasteiger partial charge < -0.3 is 4.74 Å². The monoisotopic (exact) mass is 250 g/mol. The molecule has 6 heteroatoms.